The van der Waals surface area contributed by atoms with Crippen LogP contribution in [0.1, 0.15) is 18.1 Å². The average Bonchev–Trinajstić information content (AvgIpc) is 2.55. The molecule has 0 aliphatic carbocycles. The predicted octanol–water partition coefficient (Wildman–Crippen LogP) is 3.16. The van der Waals surface area contributed by atoms with Gasteiger partial charge in [-0.3, -0.25) is 4.98 Å². The first-order valence-electron chi connectivity index (χ1n) is 8.08. The van der Waals surface area contributed by atoms with E-state index in [0.717, 1.165) is 5.69 Å². The Hall–Kier alpha value is -2.28. The normalized spacial score (nSPS) is 11.4. The van der Waals surface area contributed by atoms with Gasteiger partial charge >= 0.3 is 0 Å². The van der Waals surface area contributed by atoms with Crippen LogP contribution in [0.5, 0.6) is 0 Å². The lowest BCUT2D eigenvalue weighted by Crippen LogP contribution is -2.21. The van der Waals surface area contributed by atoms with Crippen molar-refractivity contribution in [1.29, 1.82) is 0 Å². The number of benzene rings is 2. The Morgan fingerprint density at radius 1 is 0.870 bits per heavy atom. The Labute approximate surface area is 140 Å². The van der Waals surface area contributed by atoms with Gasteiger partial charge in [0.25, 0.3) is 0 Å². The van der Waals surface area contributed by atoms with E-state index < -0.39 is 0 Å². The van der Waals surface area contributed by atoms with Crippen LogP contribution in [-0.2, 0) is 5.21 Å². The van der Waals surface area contributed by atoms with Gasteiger partial charge in [0.2, 0.25) is 0 Å². The van der Waals surface area contributed by atoms with E-state index in [9.17, 15) is 0 Å². The molecule has 3 aromatic rings. The van der Waals surface area contributed by atoms with Crippen LogP contribution in [0.2, 0.25) is 0 Å². The Balaban J connectivity index is 1.99. The lowest BCUT2D eigenvalue weighted by Gasteiger charge is -2.19. The second kappa shape index (κ2) is 6.08. The summed E-state index contributed by atoms with van der Waals surface area (Å²) in [4.78, 5) is 4.55. The van der Waals surface area contributed by atoms with Crippen LogP contribution in [-0.4, -0.2) is 20.7 Å². The largest absolute Gasteiger partial charge is 0.256 e. The highest BCUT2D eigenvalue weighted by Gasteiger charge is 2.13. The van der Waals surface area contributed by atoms with Gasteiger partial charge in [-0.1, -0.05) is 66.2 Å². The van der Waals surface area contributed by atoms with Gasteiger partial charge < -0.3 is 0 Å². The molecule has 3 heteroatoms. The Morgan fingerprint density at radius 3 is 2.22 bits per heavy atom. The molecule has 0 spiro atoms. The first-order chi connectivity index (χ1) is 10.9. The lowest BCUT2D eigenvalue weighted by atomic mass is 9.52. The summed E-state index contributed by atoms with van der Waals surface area (Å²) in [5.74, 6) is 0. The molecule has 0 fully saturated rings. The fourth-order valence-corrected chi connectivity index (χ4v) is 2.78. The third-order valence-electron chi connectivity index (χ3n) is 4.27. The molecule has 1 heterocycles. The van der Waals surface area contributed by atoms with E-state index in [-0.39, 0.29) is 5.21 Å². The summed E-state index contributed by atoms with van der Waals surface area (Å²) in [6.45, 7) is 4.37. The monoisotopic (exact) mass is 297 g/mol. The molecule has 0 amide bonds. The molecule has 0 aliphatic rings. The van der Waals surface area contributed by atoms with Crippen LogP contribution in [0.25, 0.3) is 22.4 Å². The van der Waals surface area contributed by atoms with Crippen molar-refractivity contribution in [2.24, 2.45) is 0 Å². The van der Waals surface area contributed by atoms with E-state index in [0.29, 0.717) is 0 Å². The molecule has 0 N–H and O–H groups in total. The summed E-state index contributed by atoms with van der Waals surface area (Å²) < 4.78 is 0. The van der Waals surface area contributed by atoms with Crippen LogP contribution in [0.15, 0.2) is 66.9 Å². The fourth-order valence-electron chi connectivity index (χ4n) is 2.78. The van der Waals surface area contributed by atoms with E-state index in [2.05, 4.69) is 95.2 Å². The maximum absolute atomic E-state index is 4.55. The number of aryl methyl sites for hydroxylation is 1. The molecule has 1 aromatic heterocycles. The van der Waals surface area contributed by atoms with Crippen molar-refractivity contribution in [3.05, 3.63) is 78.0 Å². The highest BCUT2D eigenvalue weighted by atomic mass is 14.7. The zero-order valence-electron chi connectivity index (χ0n) is 14.3. The predicted molar refractivity (Wildman–Crippen MR) is 104 cm³/mol. The maximum atomic E-state index is 4.55. The number of pyridine rings is 1. The molecule has 0 bridgehead atoms. The van der Waals surface area contributed by atoms with E-state index in [1.807, 2.05) is 6.20 Å². The Morgan fingerprint density at radius 2 is 1.57 bits per heavy atom. The summed E-state index contributed by atoms with van der Waals surface area (Å²) >= 11 is 0. The summed E-state index contributed by atoms with van der Waals surface area (Å²) in [5.41, 5.74) is 7.27. The van der Waals surface area contributed by atoms with Crippen LogP contribution in [0.3, 0.4) is 0 Å². The molecular weight excluding hydrogens is 276 g/mol. The third kappa shape index (κ3) is 3.39. The molecule has 0 unspecified atom stereocenters. The number of hydrogen-bond acceptors (Lipinski definition) is 1. The molecule has 2 aromatic carbocycles. The molecule has 23 heavy (non-hydrogen) atoms. The van der Waals surface area contributed by atoms with Crippen molar-refractivity contribution in [3.63, 3.8) is 0 Å². The molecular formula is C20H21B2N. The summed E-state index contributed by atoms with van der Waals surface area (Å²) in [6.07, 6.45) is 1.90. The molecule has 3 rings (SSSR count). The smallest absolute Gasteiger partial charge is 0.104 e. The molecule has 1 nitrogen and oxygen atoms in total. The number of aromatic nitrogens is 1. The SMILES string of the molecule is BC(B)(C)c1ccc(-c2ccnc(-c3ccccc3C)c2)cc1. The van der Waals surface area contributed by atoms with Crippen molar-refractivity contribution in [1.82, 2.24) is 4.98 Å². The first-order valence-corrected chi connectivity index (χ1v) is 8.08. The van der Waals surface area contributed by atoms with E-state index >= 15 is 0 Å². The summed E-state index contributed by atoms with van der Waals surface area (Å²) in [7, 11) is 4.48. The minimum absolute atomic E-state index is 0.184. The van der Waals surface area contributed by atoms with Crippen molar-refractivity contribution in [2.75, 3.05) is 0 Å². The van der Waals surface area contributed by atoms with Crippen LogP contribution < -0.4 is 0 Å². The molecule has 112 valence electrons. The Bertz CT molecular complexity index is 818. The molecule has 0 radical (unpaired) electrons. The van der Waals surface area contributed by atoms with Gasteiger partial charge in [0.05, 0.1) is 5.69 Å². The van der Waals surface area contributed by atoms with Crippen LogP contribution >= 0.6 is 0 Å². The van der Waals surface area contributed by atoms with E-state index in [1.54, 1.807) is 0 Å². The zero-order valence-corrected chi connectivity index (χ0v) is 14.3. The fraction of sp³-hybridized carbons (Fsp3) is 0.150. The summed E-state index contributed by atoms with van der Waals surface area (Å²) in [5, 5.41) is 0.184. The van der Waals surface area contributed by atoms with Gasteiger partial charge in [-0.25, -0.2) is 0 Å². The second-order valence-corrected chi connectivity index (χ2v) is 7.07. The number of rotatable bonds is 3. The van der Waals surface area contributed by atoms with Gasteiger partial charge in [-0.2, -0.15) is 0 Å². The van der Waals surface area contributed by atoms with Crippen molar-refractivity contribution in [3.8, 4) is 22.4 Å². The van der Waals surface area contributed by atoms with Crippen LogP contribution in [0, 0.1) is 6.92 Å². The van der Waals surface area contributed by atoms with Gasteiger partial charge in [-0.05, 0) is 35.7 Å². The topological polar surface area (TPSA) is 12.9 Å². The Kier molecular flexibility index (Phi) is 4.12. The van der Waals surface area contributed by atoms with Gasteiger partial charge in [0.1, 0.15) is 15.7 Å². The standard InChI is InChI=1S/C20H21B2N/c1-14-5-3-4-6-18(14)19-13-16(11-12-23-19)15-7-9-17(10-8-15)20(2,21)22/h3-13H,21-22H2,1-2H3. The van der Waals surface area contributed by atoms with Crippen LogP contribution in [0.4, 0.5) is 0 Å². The summed E-state index contributed by atoms with van der Waals surface area (Å²) in [6, 6.07) is 21.5. The lowest BCUT2D eigenvalue weighted by molar-refractivity contribution is 0.973. The van der Waals surface area contributed by atoms with Gasteiger partial charge in [-0.15, -0.1) is 0 Å². The van der Waals surface area contributed by atoms with E-state index in [4.69, 9.17) is 0 Å². The maximum Gasteiger partial charge on any atom is 0.104 e. The highest BCUT2D eigenvalue weighted by Crippen LogP contribution is 2.27. The van der Waals surface area contributed by atoms with Crippen molar-refractivity contribution >= 4 is 15.7 Å². The van der Waals surface area contributed by atoms with E-state index in [1.165, 1.54) is 27.8 Å². The second-order valence-electron chi connectivity index (χ2n) is 7.07. The van der Waals surface area contributed by atoms with Gasteiger partial charge in [0, 0.05) is 11.8 Å². The highest BCUT2D eigenvalue weighted by molar-refractivity contribution is 6.39. The number of nitrogens with zero attached hydrogens (tertiary/aromatic N) is 1. The quantitative estimate of drug-likeness (QED) is 0.677. The molecule has 0 saturated heterocycles. The minimum Gasteiger partial charge on any atom is -0.256 e. The third-order valence-corrected chi connectivity index (χ3v) is 4.27. The van der Waals surface area contributed by atoms with Crippen molar-refractivity contribution in [2.45, 2.75) is 19.1 Å². The average molecular weight is 297 g/mol. The molecule has 0 aliphatic heterocycles. The first kappa shape index (κ1) is 15.6. The van der Waals surface area contributed by atoms with Crippen molar-refractivity contribution < 1.29 is 0 Å². The number of hydrogen-bond donors (Lipinski definition) is 0. The van der Waals surface area contributed by atoms with Gasteiger partial charge in [0.15, 0.2) is 0 Å². The molecule has 0 saturated carbocycles. The molecule has 0 atom stereocenters. The zero-order chi connectivity index (χ0) is 16.4. The minimum atomic E-state index is 0.184.